The highest BCUT2D eigenvalue weighted by atomic mass is 16.4. The number of nitrogens with one attached hydrogen (secondary N) is 1. The second kappa shape index (κ2) is 6.99. The maximum absolute atomic E-state index is 11.5. The number of pyridine rings is 1. The van der Waals surface area contributed by atoms with Crippen molar-refractivity contribution in [3.63, 3.8) is 0 Å². The first-order valence-electron chi connectivity index (χ1n) is 7.04. The predicted octanol–water partition coefficient (Wildman–Crippen LogP) is 3.12. The van der Waals surface area contributed by atoms with Gasteiger partial charge in [0.15, 0.2) is 0 Å². The van der Waals surface area contributed by atoms with Crippen molar-refractivity contribution in [2.24, 2.45) is 0 Å². The molecule has 4 heteroatoms. The summed E-state index contributed by atoms with van der Waals surface area (Å²) in [6.45, 7) is 4.65. The SMILES string of the molecule is CC(C)c1ccc(C(NCc2ccccn2)C(=O)O)cc1. The Morgan fingerprint density at radius 1 is 1.14 bits per heavy atom. The molecule has 21 heavy (non-hydrogen) atoms. The third-order valence-corrected chi connectivity index (χ3v) is 3.40. The first-order valence-corrected chi connectivity index (χ1v) is 7.04. The number of benzene rings is 1. The largest absolute Gasteiger partial charge is 0.480 e. The van der Waals surface area contributed by atoms with Crippen molar-refractivity contribution >= 4 is 5.97 Å². The van der Waals surface area contributed by atoms with Gasteiger partial charge in [-0.2, -0.15) is 0 Å². The molecule has 1 heterocycles. The average molecular weight is 284 g/mol. The van der Waals surface area contributed by atoms with Gasteiger partial charge in [-0.15, -0.1) is 0 Å². The van der Waals surface area contributed by atoms with Crippen LogP contribution in [0.5, 0.6) is 0 Å². The number of hydrogen-bond donors (Lipinski definition) is 2. The Morgan fingerprint density at radius 2 is 1.81 bits per heavy atom. The van der Waals surface area contributed by atoms with Crippen molar-refractivity contribution in [3.05, 3.63) is 65.5 Å². The molecule has 1 unspecified atom stereocenters. The van der Waals surface area contributed by atoms with Gasteiger partial charge in [0.05, 0.1) is 5.69 Å². The zero-order valence-corrected chi connectivity index (χ0v) is 12.3. The molecule has 0 aliphatic carbocycles. The van der Waals surface area contributed by atoms with Gasteiger partial charge in [0.1, 0.15) is 6.04 Å². The minimum absolute atomic E-state index is 0.420. The van der Waals surface area contributed by atoms with Crippen LogP contribution in [-0.2, 0) is 11.3 Å². The number of carboxylic acid groups (broad SMARTS) is 1. The molecule has 0 saturated heterocycles. The third kappa shape index (κ3) is 4.13. The summed E-state index contributed by atoms with van der Waals surface area (Å²) in [6, 6.07) is 12.6. The fourth-order valence-corrected chi connectivity index (χ4v) is 2.13. The van der Waals surface area contributed by atoms with Crippen molar-refractivity contribution < 1.29 is 9.90 Å². The first kappa shape index (κ1) is 15.2. The van der Waals surface area contributed by atoms with Crippen LogP contribution in [-0.4, -0.2) is 16.1 Å². The monoisotopic (exact) mass is 284 g/mol. The minimum Gasteiger partial charge on any atom is -0.480 e. The lowest BCUT2D eigenvalue weighted by atomic mass is 9.99. The van der Waals surface area contributed by atoms with E-state index >= 15 is 0 Å². The Hall–Kier alpha value is -2.20. The third-order valence-electron chi connectivity index (χ3n) is 3.40. The lowest BCUT2D eigenvalue weighted by molar-refractivity contribution is -0.139. The van der Waals surface area contributed by atoms with Gasteiger partial charge in [0.2, 0.25) is 0 Å². The van der Waals surface area contributed by atoms with Crippen LogP contribution in [0.3, 0.4) is 0 Å². The van der Waals surface area contributed by atoms with E-state index in [4.69, 9.17) is 0 Å². The smallest absolute Gasteiger partial charge is 0.325 e. The molecule has 1 atom stereocenters. The molecular formula is C17H20N2O2. The standard InChI is InChI=1S/C17H20N2O2/c1-12(2)13-6-8-14(9-7-13)16(17(20)21)19-11-15-5-3-4-10-18-15/h3-10,12,16,19H,11H2,1-2H3,(H,20,21). The van der Waals surface area contributed by atoms with Gasteiger partial charge in [0, 0.05) is 12.7 Å². The van der Waals surface area contributed by atoms with Gasteiger partial charge in [-0.3, -0.25) is 15.1 Å². The second-order valence-electron chi connectivity index (χ2n) is 5.29. The Kier molecular flexibility index (Phi) is 5.06. The average Bonchev–Trinajstić information content (AvgIpc) is 2.48. The van der Waals surface area contributed by atoms with Crippen LogP contribution >= 0.6 is 0 Å². The van der Waals surface area contributed by atoms with Crippen LogP contribution in [0, 0.1) is 0 Å². The van der Waals surface area contributed by atoms with E-state index in [1.54, 1.807) is 6.20 Å². The van der Waals surface area contributed by atoms with Gasteiger partial charge in [-0.1, -0.05) is 44.2 Å². The van der Waals surface area contributed by atoms with E-state index in [0.29, 0.717) is 12.5 Å². The quantitative estimate of drug-likeness (QED) is 0.855. The lowest BCUT2D eigenvalue weighted by Crippen LogP contribution is -2.28. The zero-order valence-electron chi connectivity index (χ0n) is 12.3. The predicted molar refractivity (Wildman–Crippen MR) is 82.0 cm³/mol. The van der Waals surface area contributed by atoms with Gasteiger partial charge in [-0.25, -0.2) is 0 Å². The summed E-state index contributed by atoms with van der Waals surface area (Å²) in [5, 5.41) is 12.4. The molecule has 2 aromatic rings. The molecule has 0 aliphatic heterocycles. The number of carboxylic acids is 1. The summed E-state index contributed by atoms with van der Waals surface area (Å²) < 4.78 is 0. The molecule has 1 aromatic carbocycles. The topological polar surface area (TPSA) is 62.2 Å². The highest BCUT2D eigenvalue weighted by Crippen LogP contribution is 2.19. The first-order chi connectivity index (χ1) is 10.1. The van der Waals surface area contributed by atoms with Crippen LogP contribution in [0.25, 0.3) is 0 Å². The normalized spacial score (nSPS) is 12.3. The lowest BCUT2D eigenvalue weighted by Gasteiger charge is -2.15. The van der Waals surface area contributed by atoms with E-state index in [2.05, 4.69) is 24.1 Å². The molecule has 0 aliphatic rings. The molecule has 0 fully saturated rings. The fraction of sp³-hybridized carbons (Fsp3) is 0.294. The summed E-state index contributed by atoms with van der Waals surface area (Å²) in [6.07, 6.45) is 1.70. The number of carbonyl (C=O) groups is 1. The van der Waals surface area contributed by atoms with E-state index in [1.807, 2.05) is 42.5 Å². The molecule has 2 rings (SSSR count). The van der Waals surface area contributed by atoms with Crippen LogP contribution < -0.4 is 5.32 Å². The Labute approximate surface area is 124 Å². The number of aliphatic carboxylic acids is 1. The molecular weight excluding hydrogens is 264 g/mol. The van der Waals surface area contributed by atoms with Gasteiger partial charge >= 0.3 is 5.97 Å². The van der Waals surface area contributed by atoms with Crippen LogP contribution in [0.4, 0.5) is 0 Å². The molecule has 0 spiro atoms. The maximum atomic E-state index is 11.5. The van der Waals surface area contributed by atoms with Crippen LogP contribution in [0.1, 0.15) is 42.6 Å². The van der Waals surface area contributed by atoms with Crippen molar-refractivity contribution in [1.29, 1.82) is 0 Å². The number of rotatable bonds is 6. The molecule has 2 N–H and O–H groups in total. The Morgan fingerprint density at radius 3 is 2.33 bits per heavy atom. The Balaban J connectivity index is 2.10. The van der Waals surface area contributed by atoms with Crippen molar-refractivity contribution in [1.82, 2.24) is 10.3 Å². The molecule has 0 saturated carbocycles. The van der Waals surface area contributed by atoms with Gasteiger partial charge < -0.3 is 5.11 Å². The summed E-state index contributed by atoms with van der Waals surface area (Å²) in [5.74, 6) is -0.452. The zero-order chi connectivity index (χ0) is 15.2. The molecule has 110 valence electrons. The second-order valence-corrected chi connectivity index (χ2v) is 5.29. The van der Waals surface area contributed by atoms with Crippen LogP contribution in [0.2, 0.25) is 0 Å². The molecule has 0 bridgehead atoms. The maximum Gasteiger partial charge on any atom is 0.325 e. The molecule has 1 aromatic heterocycles. The van der Waals surface area contributed by atoms with Crippen molar-refractivity contribution in [2.45, 2.75) is 32.4 Å². The van der Waals surface area contributed by atoms with E-state index in [-0.39, 0.29) is 0 Å². The number of nitrogens with zero attached hydrogens (tertiary/aromatic N) is 1. The molecule has 4 nitrogen and oxygen atoms in total. The fourth-order valence-electron chi connectivity index (χ4n) is 2.13. The van der Waals surface area contributed by atoms with Gasteiger partial charge in [-0.05, 0) is 29.2 Å². The highest BCUT2D eigenvalue weighted by Gasteiger charge is 2.19. The molecule has 0 radical (unpaired) electrons. The molecule has 0 amide bonds. The van der Waals surface area contributed by atoms with E-state index < -0.39 is 12.0 Å². The number of hydrogen-bond acceptors (Lipinski definition) is 3. The van der Waals surface area contributed by atoms with Crippen LogP contribution in [0.15, 0.2) is 48.7 Å². The van der Waals surface area contributed by atoms with Crippen molar-refractivity contribution in [2.75, 3.05) is 0 Å². The van der Waals surface area contributed by atoms with E-state index in [0.717, 1.165) is 11.3 Å². The summed E-state index contributed by atoms with van der Waals surface area (Å²) in [7, 11) is 0. The Bertz CT molecular complexity index is 579. The minimum atomic E-state index is -0.886. The van der Waals surface area contributed by atoms with E-state index in [1.165, 1.54) is 5.56 Å². The van der Waals surface area contributed by atoms with Gasteiger partial charge in [0.25, 0.3) is 0 Å². The highest BCUT2D eigenvalue weighted by molar-refractivity contribution is 5.75. The summed E-state index contributed by atoms with van der Waals surface area (Å²) in [4.78, 5) is 15.6. The summed E-state index contributed by atoms with van der Waals surface area (Å²) in [5.41, 5.74) is 2.78. The van der Waals surface area contributed by atoms with Crippen molar-refractivity contribution in [3.8, 4) is 0 Å². The number of aromatic nitrogens is 1. The summed E-state index contributed by atoms with van der Waals surface area (Å²) >= 11 is 0. The van der Waals surface area contributed by atoms with E-state index in [9.17, 15) is 9.90 Å².